The minimum atomic E-state index is -2.55. The molecule has 2 unspecified atom stereocenters. The van der Waals surface area contributed by atoms with E-state index in [9.17, 15) is 13.6 Å². The number of hydrogen-bond donors (Lipinski definition) is 0. The van der Waals surface area contributed by atoms with Crippen LogP contribution in [-0.2, 0) is 0 Å². The number of carbonyl (C=O) groups excluding carboxylic acids is 1. The van der Waals surface area contributed by atoms with Gasteiger partial charge in [0.1, 0.15) is 11.9 Å². The molecular weight excluding hydrogens is 380 g/mol. The number of fused-ring (bicyclic) bond motifs is 2. The molecule has 1 saturated carbocycles. The number of nitrogens with zero attached hydrogens (tertiary/aromatic N) is 5. The van der Waals surface area contributed by atoms with Gasteiger partial charge in [0.25, 0.3) is 18.0 Å². The first-order valence-electron chi connectivity index (χ1n) is 9.80. The number of alkyl halides is 2. The number of amides is 1. The van der Waals surface area contributed by atoms with Gasteiger partial charge in [0.2, 0.25) is 0 Å². The molecule has 29 heavy (non-hydrogen) atoms. The van der Waals surface area contributed by atoms with Crippen LogP contribution in [0.15, 0.2) is 16.7 Å². The van der Waals surface area contributed by atoms with Crippen molar-refractivity contribution in [2.75, 3.05) is 4.90 Å². The Kier molecular flexibility index (Phi) is 3.97. The third-order valence-electron chi connectivity index (χ3n) is 5.80. The average molecular weight is 401 g/mol. The molecule has 3 aromatic heterocycles. The second-order valence-corrected chi connectivity index (χ2v) is 8.07. The van der Waals surface area contributed by atoms with E-state index < -0.39 is 18.5 Å². The van der Waals surface area contributed by atoms with Crippen LogP contribution in [0.4, 0.5) is 14.6 Å². The highest BCUT2D eigenvalue weighted by molar-refractivity contribution is 6.13. The monoisotopic (exact) mass is 401 g/mol. The summed E-state index contributed by atoms with van der Waals surface area (Å²) < 4.78 is 33.9. The van der Waals surface area contributed by atoms with Crippen LogP contribution in [0.25, 0.3) is 11.1 Å². The third-order valence-corrected chi connectivity index (χ3v) is 5.80. The van der Waals surface area contributed by atoms with E-state index >= 15 is 0 Å². The van der Waals surface area contributed by atoms with Gasteiger partial charge in [0.05, 0.1) is 22.3 Å². The van der Waals surface area contributed by atoms with Crippen molar-refractivity contribution >= 4 is 22.8 Å². The number of rotatable bonds is 3. The summed E-state index contributed by atoms with van der Waals surface area (Å²) in [5, 5.41) is 8.80. The Hall–Kier alpha value is -2.84. The number of aryl methyl sites for hydroxylation is 2. The van der Waals surface area contributed by atoms with Crippen LogP contribution in [0.2, 0.25) is 0 Å². The summed E-state index contributed by atoms with van der Waals surface area (Å²) in [4.78, 5) is 19.8. The quantitative estimate of drug-likeness (QED) is 0.659. The number of halogens is 2. The Morgan fingerprint density at radius 1 is 1.28 bits per heavy atom. The molecule has 4 heterocycles. The molecule has 1 aliphatic carbocycles. The SMILES string of the molecule is Cc1cc2n(n1)C(C(F)F)CC(C)N2C(=O)c1cc(C2CC2)nc2onc(C)c12. The number of carbonyl (C=O) groups is 1. The lowest BCUT2D eigenvalue weighted by Gasteiger charge is -2.37. The summed E-state index contributed by atoms with van der Waals surface area (Å²) in [6.07, 6.45) is -0.366. The van der Waals surface area contributed by atoms with Crippen LogP contribution >= 0.6 is 0 Å². The van der Waals surface area contributed by atoms with E-state index in [-0.39, 0.29) is 12.3 Å². The third kappa shape index (κ3) is 2.82. The van der Waals surface area contributed by atoms with Gasteiger partial charge in [-0.3, -0.25) is 9.69 Å². The van der Waals surface area contributed by atoms with E-state index in [4.69, 9.17) is 4.52 Å². The molecule has 1 fully saturated rings. The average Bonchev–Trinajstić information content (AvgIpc) is 3.36. The van der Waals surface area contributed by atoms with Crippen molar-refractivity contribution in [3.8, 4) is 0 Å². The summed E-state index contributed by atoms with van der Waals surface area (Å²) >= 11 is 0. The fourth-order valence-corrected chi connectivity index (χ4v) is 4.22. The minimum absolute atomic E-state index is 0.129. The normalized spacial score (nSPS) is 21.8. The molecule has 9 heteroatoms. The van der Waals surface area contributed by atoms with Gasteiger partial charge in [-0.05, 0) is 46.1 Å². The maximum Gasteiger partial charge on any atom is 0.260 e. The van der Waals surface area contributed by atoms with E-state index in [0.717, 1.165) is 18.5 Å². The van der Waals surface area contributed by atoms with Gasteiger partial charge >= 0.3 is 0 Å². The molecule has 3 aromatic rings. The molecule has 2 aliphatic rings. The van der Waals surface area contributed by atoms with Crippen LogP contribution in [-0.4, -0.2) is 38.3 Å². The highest BCUT2D eigenvalue weighted by Crippen LogP contribution is 2.42. The highest BCUT2D eigenvalue weighted by atomic mass is 19.3. The Morgan fingerprint density at radius 2 is 2.03 bits per heavy atom. The van der Waals surface area contributed by atoms with Crippen LogP contribution in [0, 0.1) is 13.8 Å². The minimum Gasteiger partial charge on any atom is -0.336 e. The summed E-state index contributed by atoms with van der Waals surface area (Å²) in [7, 11) is 0. The van der Waals surface area contributed by atoms with Gasteiger partial charge in [-0.2, -0.15) is 5.10 Å². The molecule has 0 bridgehead atoms. The first kappa shape index (κ1) is 18.2. The van der Waals surface area contributed by atoms with Crippen LogP contribution < -0.4 is 4.90 Å². The molecule has 0 spiro atoms. The molecule has 152 valence electrons. The van der Waals surface area contributed by atoms with E-state index in [2.05, 4.69) is 15.2 Å². The highest BCUT2D eigenvalue weighted by Gasteiger charge is 2.40. The Balaban J connectivity index is 1.65. The van der Waals surface area contributed by atoms with E-state index in [0.29, 0.717) is 39.8 Å². The van der Waals surface area contributed by atoms with Crippen molar-refractivity contribution in [3.63, 3.8) is 0 Å². The van der Waals surface area contributed by atoms with Crippen molar-refractivity contribution in [3.05, 3.63) is 34.8 Å². The summed E-state index contributed by atoms with van der Waals surface area (Å²) in [6.45, 7) is 5.29. The summed E-state index contributed by atoms with van der Waals surface area (Å²) in [6, 6.07) is 2.04. The largest absolute Gasteiger partial charge is 0.336 e. The molecule has 0 N–H and O–H groups in total. The number of hydrogen-bond acceptors (Lipinski definition) is 5. The molecule has 2 atom stereocenters. The van der Waals surface area contributed by atoms with Gasteiger partial charge in [0, 0.05) is 23.7 Å². The van der Waals surface area contributed by atoms with Gasteiger partial charge in [-0.1, -0.05) is 5.16 Å². The Bertz CT molecular complexity index is 1120. The fourth-order valence-electron chi connectivity index (χ4n) is 4.22. The van der Waals surface area contributed by atoms with Gasteiger partial charge < -0.3 is 4.52 Å². The zero-order valence-corrected chi connectivity index (χ0v) is 16.4. The first-order chi connectivity index (χ1) is 13.8. The topological polar surface area (TPSA) is 77.0 Å². The van der Waals surface area contributed by atoms with E-state index in [1.54, 1.807) is 31.7 Å². The van der Waals surface area contributed by atoms with E-state index in [1.165, 1.54) is 4.68 Å². The second kappa shape index (κ2) is 6.33. The van der Waals surface area contributed by atoms with Crippen molar-refractivity contribution in [1.29, 1.82) is 0 Å². The van der Waals surface area contributed by atoms with Crippen LogP contribution in [0.1, 0.15) is 65.6 Å². The molecule has 1 aliphatic heterocycles. The van der Waals surface area contributed by atoms with Crippen LogP contribution in [0.3, 0.4) is 0 Å². The molecule has 5 rings (SSSR count). The maximum atomic E-state index is 13.7. The lowest BCUT2D eigenvalue weighted by Crippen LogP contribution is -2.46. The maximum absolute atomic E-state index is 13.7. The van der Waals surface area contributed by atoms with Gasteiger partial charge in [0.15, 0.2) is 0 Å². The smallest absolute Gasteiger partial charge is 0.260 e. The molecule has 0 radical (unpaired) electrons. The molecular formula is C20H21F2N5O2. The van der Waals surface area contributed by atoms with E-state index in [1.807, 2.05) is 6.07 Å². The molecule has 1 amide bonds. The Morgan fingerprint density at radius 3 is 2.72 bits per heavy atom. The van der Waals surface area contributed by atoms with Gasteiger partial charge in [-0.15, -0.1) is 0 Å². The van der Waals surface area contributed by atoms with Crippen molar-refractivity contribution in [1.82, 2.24) is 19.9 Å². The number of aromatic nitrogens is 4. The molecule has 0 saturated heterocycles. The zero-order chi connectivity index (χ0) is 20.4. The second-order valence-electron chi connectivity index (χ2n) is 8.07. The Labute approximate surface area is 165 Å². The summed E-state index contributed by atoms with van der Waals surface area (Å²) in [5.41, 5.74) is 2.78. The lowest BCUT2D eigenvalue weighted by atomic mass is 10.0. The first-order valence-corrected chi connectivity index (χ1v) is 9.80. The predicted octanol–water partition coefficient (Wildman–Crippen LogP) is 4.16. The van der Waals surface area contributed by atoms with Crippen molar-refractivity contribution in [2.45, 2.75) is 64.5 Å². The molecule has 7 nitrogen and oxygen atoms in total. The van der Waals surface area contributed by atoms with Crippen molar-refractivity contribution in [2.24, 2.45) is 0 Å². The van der Waals surface area contributed by atoms with Gasteiger partial charge in [-0.25, -0.2) is 18.4 Å². The van der Waals surface area contributed by atoms with Crippen LogP contribution in [0.5, 0.6) is 0 Å². The summed E-state index contributed by atoms with van der Waals surface area (Å²) in [5.74, 6) is 0.446. The van der Waals surface area contributed by atoms with Crippen molar-refractivity contribution < 1.29 is 18.1 Å². The fraction of sp³-hybridized carbons (Fsp3) is 0.500. The zero-order valence-electron chi connectivity index (χ0n) is 16.4. The standard InChI is InChI=1S/C20H21F2N5O2/c1-9-6-16-26(10(2)7-15(18(21)22)27(16)24-9)20(28)13-8-14(12-4-5-12)23-19-17(13)11(3)25-29-19/h6,8,10,12,15,18H,4-5,7H2,1-3H3. The predicted molar refractivity (Wildman–Crippen MR) is 101 cm³/mol. The molecule has 0 aromatic carbocycles. The lowest BCUT2D eigenvalue weighted by molar-refractivity contribution is 0.0609. The number of anilines is 1. The number of pyridine rings is 1.